The normalized spacial score (nSPS) is 21.2. The van der Waals surface area contributed by atoms with Crippen LogP contribution in [0.25, 0.3) is 0 Å². The Kier molecular flexibility index (Phi) is 6.01. The van der Waals surface area contributed by atoms with Gasteiger partial charge in [-0.1, -0.05) is 20.8 Å². The molecule has 1 amide bonds. The average Bonchev–Trinajstić information content (AvgIpc) is 2.34. The molecular weight excluding hydrogens is 258 g/mol. The number of hydrogen-bond donors (Lipinski definition) is 1. The lowest BCUT2D eigenvalue weighted by Crippen LogP contribution is -2.44. The van der Waals surface area contributed by atoms with Gasteiger partial charge >= 0.3 is 0 Å². The second kappa shape index (κ2) is 6.86. The first-order chi connectivity index (χ1) is 8.74. The molecule has 0 aromatic heterocycles. The summed E-state index contributed by atoms with van der Waals surface area (Å²) in [5.41, 5.74) is 0. The summed E-state index contributed by atoms with van der Waals surface area (Å²) in [5.74, 6) is 0.0125. The third kappa shape index (κ3) is 5.24. The number of ether oxygens (including phenoxy) is 1. The zero-order valence-corrected chi connectivity index (χ0v) is 14.0. The molecule has 0 radical (unpaired) electrons. The molecular formula is C14H29NO3Si. The second-order valence-electron chi connectivity index (χ2n) is 6.76. The van der Waals surface area contributed by atoms with E-state index >= 15 is 0 Å². The SMILES string of the molecule is CC(C)(C)[Si](C)(C)OCCNC(=O)C1CCCCO1. The summed E-state index contributed by atoms with van der Waals surface area (Å²) in [6.45, 7) is 13.0. The Balaban J connectivity index is 2.21. The number of carbonyl (C=O) groups excluding carboxylic acids is 1. The van der Waals surface area contributed by atoms with E-state index in [9.17, 15) is 4.79 Å². The highest BCUT2D eigenvalue weighted by atomic mass is 28.4. The van der Waals surface area contributed by atoms with E-state index in [1.54, 1.807) is 0 Å². The monoisotopic (exact) mass is 287 g/mol. The molecule has 0 aromatic carbocycles. The molecule has 1 fully saturated rings. The molecule has 0 bridgehead atoms. The fourth-order valence-electron chi connectivity index (χ4n) is 1.76. The molecule has 1 aliphatic rings. The smallest absolute Gasteiger partial charge is 0.249 e. The van der Waals surface area contributed by atoms with E-state index in [1.807, 2.05) is 0 Å². The van der Waals surface area contributed by atoms with Gasteiger partial charge in [0.1, 0.15) is 6.10 Å². The Morgan fingerprint density at radius 2 is 2.05 bits per heavy atom. The van der Waals surface area contributed by atoms with Crippen LogP contribution in [0.15, 0.2) is 0 Å². The van der Waals surface area contributed by atoms with Gasteiger partial charge in [0.15, 0.2) is 8.32 Å². The molecule has 19 heavy (non-hydrogen) atoms. The molecule has 1 unspecified atom stereocenters. The molecule has 0 aromatic rings. The van der Waals surface area contributed by atoms with Gasteiger partial charge in [-0.05, 0) is 37.4 Å². The van der Waals surface area contributed by atoms with E-state index in [1.165, 1.54) is 0 Å². The highest BCUT2D eigenvalue weighted by Gasteiger charge is 2.36. The number of hydrogen-bond acceptors (Lipinski definition) is 3. The van der Waals surface area contributed by atoms with Gasteiger partial charge in [0.2, 0.25) is 5.91 Å². The third-order valence-electron chi connectivity index (χ3n) is 4.14. The van der Waals surface area contributed by atoms with Crippen molar-refractivity contribution in [1.82, 2.24) is 5.32 Å². The molecule has 1 saturated heterocycles. The number of nitrogens with one attached hydrogen (secondary N) is 1. The first-order valence-electron chi connectivity index (χ1n) is 7.27. The van der Waals surface area contributed by atoms with Gasteiger partial charge in [-0.2, -0.15) is 0 Å². The number of rotatable bonds is 5. The van der Waals surface area contributed by atoms with Crippen LogP contribution in [-0.2, 0) is 14.0 Å². The van der Waals surface area contributed by atoms with Crippen LogP contribution in [0.3, 0.4) is 0 Å². The van der Waals surface area contributed by atoms with Crippen LogP contribution >= 0.6 is 0 Å². The highest BCUT2D eigenvalue weighted by molar-refractivity contribution is 6.74. The topological polar surface area (TPSA) is 47.6 Å². The lowest BCUT2D eigenvalue weighted by atomic mass is 10.1. The van der Waals surface area contributed by atoms with Crippen molar-refractivity contribution in [3.8, 4) is 0 Å². The largest absolute Gasteiger partial charge is 0.415 e. The first kappa shape index (κ1) is 16.7. The van der Waals surface area contributed by atoms with Crippen molar-refractivity contribution in [2.45, 2.75) is 64.3 Å². The first-order valence-corrected chi connectivity index (χ1v) is 10.2. The second-order valence-corrected chi connectivity index (χ2v) is 11.6. The van der Waals surface area contributed by atoms with Gasteiger partial charge < -0.3 is 14.5 Å². The van der Waals surface area contributed by atoms with E-state index < -0.39 is 8.32 Å². The number of amides is 1. The molecule has 4 nitrogen and oxygen atoms in total. The minimum Gasteiger partial charge on any atom is -0.415 e. The Morgan fingerprint density at radius 3 is 2.58 bits per heavy atom. The van der Waals surface area contributed by atoms with E-state index in [0.717, 1.165) is 19.3 Å². The van der Waals surface area contributed by atoms with E-state index in [4.69, 9.17) is 9.16 Å². The van der Waals surface area contributed by atoms with Gasteiger partial charge in [0.25, 0.3) is 0 Å². The minimum atomic E-state index is -1.70. The molecule has 1 atom stereocenters. The van der Waals surface area contributed by atoms with Crippen LogP contribution in [-0.4, -0.2) is 40.1 Å². The molecule has 1 heterocycles. The fraction of sp³-hybridized carbons (Fsp3) is 0.929. The lowest BCUT2D eigenvalue weighted by Gasteiger charge is -2.36. The summed E-state index contributed by atoms with van der Waals surface area (Å²) in [4.78, 5) is 11.8. The summed E-state index contributed by atoms with van der Waals surface area (Å²) in [6.07, 6.45) is 2.74. The van der Waals surface area contributed by atoms with Gasteiger partial charge in [0, 0.05) is 13.2 Å². The van der Waals surface area contributed by atoms with E-state index in [2.05, 4.69) is 39.2 Å². The van der Waals surface area contributed by atoms with Crippen molar-refractivity contribution in [2.75, 3.05) is 19.8 Å². The van der Waals surface area contributed by atoms with Crippen LogP contribution in [0.2, 0.25) is 18.1 Å². The summed E-state index contributed by atoms with van der Waals surface area (Å²) in [5, 5.41) is 3.12. The van der Waals surface area contributed by atoms with Crippen LogP contribution in [0.4, 0.5) is 0 Å². The van der Waals surface area contributed by atoms with Crippen molar-refractivity contribution in [1.29, 1.82) is 0 Å². The molecule has 1 N–H and O–H groups in total. The van der Waals surface area contributed by atoms with Crippen molar-refractivity contribution < 1.29 is 14.0 Å². The highest BCUT2D eigenvalue weighted by Crippen LogP contribution is 2.36. The zero-order valence-electron chi connectivity index (χ0n) is 13.0. The van der Waals surface area contributed by atoms with Crippen LogP contribution in [0, 0.1) is 0 Å². The van der Waals surface area contributed by atoms with Gasteiger partial charge in [-0.25, -0.2) is 0 Å². The van der Waals surface area contributed by atoms with Gasteiger partial charge in [0.05, 0.1) is 6.61 Å². The maximum Gasteiger partial charge on any atom is 0.249 e. The van der Waals surface area contributed by atoms with Crippen molar-refractivity contribution in [2.24, 2.45) is 0 Å². The molecule has 1 aliphatic heterocycles. The Bertz CT molecular complexity index is 294. The summed E-state index contributed by atoms with van der Waals surface area (Å²) in [6, 6.07) is 0. The van der Waals surface area contributed by atoms with Gasteiger partial charge in [-0.15, -0.1) is 0 Å². The van der Waals surface area contributed by atoms with Crippen LogP contribution < -0.4 is 5.32 Å². The van der Waals surface area contributed by atoms with Gasteiger partial charge in [-0.3, -0.25) is 4.79 Å². The van der Waals surface area contributed by atoms with Crippen LogP contribution in [0.1, 0.15) is 40.0 Å². The van der Waals surface area contributed by atoms with Crippen LogP contribution in [0.5, 0.6) is 0 Å². The molecule has 0 spiro atoms. The predicted octanol–water partition coefficient (Wildman–Crippen LogP) is 2.69. The predicted molar refractivity (Wildman–Crippen MR) is 79.7 cm³/mol. The Labute approximate surface area is 118 Å². The maximum atomic E-state index is 11.8. The summed E-state index contributed by atoms with van der Waals surface area (Å²) < 4.78 is 11.5. The molecule has 0 aliphatic carbocycles. The number of carbonyl (C=O) groups is 1. The zero-order chi connectivity index (χ0) is 14.5. The third-order valence-corrected chi connectivity index (χ3v) is 8.68. The minimum absolute atomic E-state index is 0.0125. The Hall–Kier alpha value is -0.393. The molecule has 112 valence electrons. The summed E-state index contributed by atoms with van der Waals surface area (Å²) >= 11 is 0. The maximum absolute atomic E-state index is 11.8. The van der Waals surface area contributed by atoms with Crippen molar-refractivity contribution >= 4 is 14.2 Å². The fourth-order valence-corrected chi connectivity index (χ4v) is 2.80. The molecule has 1 rings (SSSR count). The molecule has 5 heteroatoms. The quantitative estimate of drug-likeness (QED) is 0.625. The standard InChI is InChI=1S/C14H29NO3Si/c1-14(2,3)19(4,5)18-11-9-15-13(16)12-8-6-7-10-17-12/h12H,6-11H2,1-5H3,(H,15,16). The lowest BCUT2D eigenvalue weighted by molar-refractivity contribution is -0.135. The van der Waals surface area contributed by atoms with E-state index in [0.29, 0.717) is 19.8 Å². The van der Waals surface area contributed by atoms with Crippen molar-refractivity contribution in [3.63, 3.8) is 0 Å². The Morgan fingerprint density at radius 1 is 1.37 bits per heavy atom. The van der Waals surface area contributed by atoms with E-state index in [-0.39, 0.29) is 17.0 Å². The summed E-state index contributed by atoms with van der Waals surface area (Å²) in [7, 11) is -1.70. The average molecular weight is 287 g/mol. The van der Waals surface area contributed by atoms with Crippen molar-refractivity contribution in [3.05, 3.63) is 0 Å². The molecule has 0 saturated carbocycles.